The van der Waals surface area contributed by atoms with E-state index in [4.69, 9.17) is 16.3 Å². The lowest BCUT2D eigenvalue weighted by atomic mass is 10.1. The fourth-order valence-electron chi connectivity index (χ4n) is 2.23. The maximum absolute atomic E-state index is 11.6. The second kappa shape index (κ2) is 6.67. The van der Waals surface area contributed by atoms with E-state index in [0.29, 0.717) is 12.4 Å². The molecule has 4 nitrogen and oxygen atoms in total. The number of rotatable bonds is 4. The van der Waals surface area contributed by atoms with Crippen LogP contribution in [0.3, 0.4) is 0 Å². The Bertz CT molecular complexity index is 850. The summed E-state index contributed by atoms with van der Waals surface area (Å²) in [6.45, 7) is 0.470. The molecule has 3 aromatic rings. The second-order valence-corrected chi connectivity index (χ2v) is 5.31. The summed E-state index contributed by atoms with van der Waals surface area (Å²) in [7, 11) is 1.31. The van der Waals surface area contributed by atoms with Gasteiger partial charge < -0.3 is 9.47 Å². The normalized spacial score (nSPS) is 10.5. The van der Waals surface area contributed by atoms with Crippen LogP contribution >= 0.6 is 11.6 Å². The highest BCUT2D eigenvalue weighted by atomic mass is 35.5. The summed E-state index contributed by atoms with van der Waals surface area (Å²) < 4.78 is 10.4. The highest BCUT2D eigenvalue weighted by Crippen LogP contribution is 2.27. The predicted octanol–water partition coefficient (Wildman–Crippen LogP) is 4.25. The quantitative estimate of drug-likeness (QED) is 0.531. The van der Waals surface area contributed by atoms with Crippen LogP contribution in [0.15, 0.2) is 54.6 Å². The van der Waals surface area contributed by atoms with E-state index in [1.807, 2.05) is 48.5 Å². The molecule has 3 rings (SSSR count). The van der Waals surface area contributed by atoms with E-state index in [0.717, 1.165) is 16.3 Å². The highest BCUT2D eigenvalue weighted by molar-refractivity contribution is 6.34. The standard InChI is InChI=1S/C18H14ClNO3/c1-22-18(21)16-9-13-7-8-14(10-15(13)17(19)20-16)23-11-12-5-3-2-4-6-12/h2-10H,11H2,1H3. The van der Waals surface area contributed by atoms with E-state index in [2.05, 4.69) is 9.72 Å². The summed E-state index contributed by atoms with van der Waals surface area (Å²) in [6.07, 6.45) is 0. The van der Waals surface area contributed by atoms with Gasteiger partial charge in [0.1, 0.15) is 17.5 Å². The average molecular weight is 328 g/mol. The van der Waals surface area contributed by atoms with Gasteiger partial charge >= 0.3 is 5.97 Å². The summed E-state index contributed by atoms with van der Waals surface area (Å²) in [5.74, 6) is 0.175. The zero-order chi connectivity index (χ0) is 16.2. The van der Waals surface area contributed by atoms with E-state index in [-0.39, 0.29) is 10.8 Å². The number of hydrogen-bond donors (Lipinski definition) is 0. The number of aromatic nitrogens is 1. The van der Waals surface area contributed by atoms with Crippen molar-refractivity contribution >= 4 is 28.3 Å². The fraction of sp³-hybridized carbons (Fsp3) is 0.111. The van der Waals surface area contributed by atoms with Gasteiger partial charge in [-0.1, -0.05) is 48.0 Å². The Labute approximate surface area is 138 Å². The molecule has 1 aromatic heterocycles. The van der Waals surface area contributed by atoms with Crippen molar-refractivity contribution < 1.29 is 14.3 Å². The predicted molar refractivity (Wildman–Crippen MR) is 88.9 cm³/mol. The van der Waals surface area contributed by atoms with Crippen molar-refractivity contribution in [3.63, 3.8) is 0 Å². The smallest absolute Gasteiger partial charge is 0.356 e. The minimum atomic E-state index is -0.516. The van der Waals surface area contributed by atoms with Crippen LogP contribution in [0, 0.1) is 0 Å². The maximum atomic E-state index is 11.6. The molecule has 0 saturated carbocycles. The van der Waals surface area contributed by atoms with Crippen molar-refractivity contribution in [3.8, 4) is 5.75 Å². The van der Waals surface area contributed by atoms with Gasteiger partial charge in [-0.15, -0.1) is 0 Å². The van der Waals surface area contributed by atoms with Crippen LogP contribution in [0.25, 0.3) is 10.8 Å². The van der Waals surface area contributed by atoms with Crippen LogP contribution in [-0.2, 0) is 11.3 Å². The Kier molecular flexibility index (Phi) is 4.44. The number of carbonyl (C=O) groups excluding carboxylic acids is 1. The van der Waals surface area contributed by atoms with Gasteiger partial charge in [0.15, 0.2) is 5.69 Å². The Morgan fingerprint density at radius 1 is 1.13 bits per heavy atom. The first-order valence-corrected chi connectivity index (χ1v) is 7.40. The molecule has 0 aliphatic rings. The Balaban J connectivity index is 1.87. The van der Waals surface area contributed by atoms with Crippen LogP contribution in [-0.4, -0.2) is 18.1 Å². The molecule has 23 heavy (non-hydrogen) atoms. The summed E-state index contributed by atoms with van der Waals surface area (Å²) in [5.41, 5.74) is 1.26. The van der Waals surface area contributed by atoms with Crippen molar-refractivity contribution in [1.82, 2.24) is 4.98 Å². The topological polar surface area (TPSA) is 48.4 Å². The van der Waals surface area contributed by atoms with Gasteiger partial charge in [0.25, 0.3) is 0 Å². The van der Waals surface area contributed by atoms with E-state index in [9.17, 15) is 4.79 Å². The maximum Gasteiger partial charge on any atom is 0.356 e. The first-order valence-electron chi connectivity index (χ1n) is 7.03. The van der Waals surface area contributed by atoms with E-state index in [1.165, 1.54) is 7.11 Å². The van der Waals surface area contributed by atoms with Gasteiger partial charge in [-0.05, 0) is 29.1 Å². The Morgan fingerprint density at radius 3 is 2.65 bits per heavy atom. The summed E-state index contributed by atoms with van der Waals surface area (Å²) in [6, 6.07) is 17.0. The summed E-state index contributed by atoms with van der Waals surface area (Å²) >= 11 is 6.18. The monoisotopic (exact) mass is 327 g/mol. The molecule has 2 aromatic carbocycles. The fourth-order valence-corrected chi connectivity index (χ4v) is 2.48. The van der Waals surface area contributed by atoms with E-state index < -0.39 is 5.97 Å². The third-order valence-electron chi connectivity index (χ3n) is 3.40. The largest absolute Gasteiger partial charge is 0.489 e. The van der Waals surface area contributed by atoms with Gasteiger partial charge in [-0.25, -0.2) is 9.78 Å². The van der Waals surface area contributed by atoms with Gasteiger partial charge in [0, 0.05) is 5.39 Å². The molecule has 116 valence electrons. The lowest BCUT2D eigenvalue weighted by Crippen LogP contribution is -2.04. The third-order valence-corrected chi connectivity index (χ3v) is 3.69. The second-order valence-electron chi connectivity index (χ2n) is 4.95. The molecule has 0 bridgehead atoms. The Hall–Kier alpha value is -2.59. The van der Waals surface area contributed by atoms with Crippen LogP contribution in [0.5, 0.6) is 5.75 Å². The first kappa shape index (κ1) is 15.3. The number of esters is 1. The number of fused-ring (bicyclic) bond motifs is 1. The van der Waals surface area contributed by atoms with Gasteiger partial charge in [-0.3, -0.25) is 0 Å². The van der Waals surface area contributed by atoms with Gasteiger partial charge in [-0.2, -0.15) is 0 Å². The molecular weight excluding hydrogens is 314 g/mol. The molecule has 0 saturated heterocycles. The van der Waals surface area contributed by atoms with E-state index >= 15 is 0 Å². The molecule has 0 N–H and O–H groups in total. The van der Waals surface area contributed by atoms with Crippen molar-refractivity contribution in [2.75, 3.05) is 7.11 Å². The SMILES string of the molecule is COC(=O)c1cc2ccc(OCc3ccccc3)cc2c(Cl)n1. The molecule has 0 amide bonds. The summed E-state index contributed by atoms with van der Waals surface area (Å²) in [5, 5.41) is 1.77. The number of hydrogen-bond acceptors (Lipinski definition) is 4. The molecule has 0 radical (unpaired) electrons. The molecule has 0 unspecified atom stereocenters. The first-order chi connectivity index (χ1) is 11.2. The van der Waals surface area contributed by atoms with Crippen molar-refractivity contribution in [2.24, 2.45) is 0 Å². The Morgan fingerprint density at radius 2 is 1.91 bits per heavy atom. The van der Waals surface area contributed by atoms with Crippen molar-refractivity contribution in [3.05, 3.63) is 71.0 Å². The number of nitrogens with zero attached hydrogens (tertiary/aromatic N) is 1. The average Bonchev–Trinajstić information content (AvgIpc) is 2.60. The molecule has 5 heteroatoms. The number of benzene rings is 2. The number of carbonyl (C=O) groups is 1. The molecule has 0 spiro atoms. The number of halogens is 1. The lowest BCUT2D eigenvalue weighted by Gasteiger charge is -2.09. The van der Waals surface area contributed by atoms with Crippen LogP contribution in [0.4, 0.5) is 0 Å². The lowest BCUT2D eigenvalue weighted by molar-refractivity contribution is 0.0594. The zero-order valence-corrected chi connectivity index (χ0v) is 13.2. The number of ether oxygens (including phenoxy) is 2. The molecule has 0 aliphatic carbocycles. The van der Waals surface area contributed by atoms with Crippen LogP contribution in [0.1, 0.15) is 16.1 Å². The minimum absolute atomic E-state index is 0.183. The third kappa shape index (κ3) is 3.43. The van der Waals surface area contributed by atoms with E-state index in [1.54, 1.807) is 6.07 Å². The van der Waals surface area contributed by atoms with Gasteiger partial charge in [0.2, 0.25) is 0 Å². The van der Waals surface area contributed by atoms with Crippen LogP contribution < -0.4 is 4.74 Å². The molecule has 1 heterocycles. The molecular formula is C18H14ClNO3. The zero-order valence-electron chi connectivity index (χ0n) is 12.5. The molecule has 0 atom stereocenters. The summed E-state index contributed by atoms with van der Waals surface area (Å²) in [4.78, 5) is 15.6. The molecule has 0 aliphatic heterocycles. The minimum Gasteiger partial charge on any atom is -0.489 e. The van der Waals surface area contributed by atoms with Crippen molar-refractivity contribution in [1.29, 1.82) is 0 Å². The van der Waals surface area contributed by atoms with Gasteiger partial charge in [0.05, 0.1) is 7.11 Å². The van der Waals surface area contributed by atoms with Crippen LogP contribution in [0.2, 0.25) is 5.15 Å². The number of methoxy groups -OCH3 is 1. The van der Waals surface area contributed by atoms with Crippen molar-refractivity contribution in [2.45, 2.75) is 6.61 Å². The highest BCUT2D eigenvalue weighted by Gasteiger charge is 2.12. The number of pyridine rings is 1. The molecule has 0 fully saturated rings.